The Bertz CT molecular complexity index is 608. The second kappa shape index (κ2) is 4.96. The van der Waals surface area contributed by atoms with Crippen LogP contribution in [0.4, 0.5) is 11.4 Å². The summed E-state index contributed by atoms with van der Waals surface area (Å²) in [6.45, 7) is 0. The Kier molecular flexibility index (Phi) is 3.52. The van der Waals surface area contributed by atoms with Gasteiger partial charge in [-0.3, -0.25) is 14.9 Å². The van der Waals surface area contributed by atoms with Gasteiger partial charge in [0.1, 0.15) is 0 Å². The molecule has 0 aromatic heterocycles. The number of nitro groups is 1. The summed E-state index contributed by atoms with van der Waals surface area (Å²) in [5, 5.41) is 13.0. The van der Waals surface area contributed by atoms with E-state index in [0.717, 1.165) is 0 Å². The van der Waals surface area contributed by atoms with Crippen LogP contribution < -0.4 is 5.32 Å². The Morgan fingerprint density at radius 2 is 1.95 bits per heavy atom. The van der Waals surface area contributed by atoms with E-state index in [1.54, 1.807) is 0 Å². The van der Waals surface area contributed by atoms with Crippen molar-refractivity contribution in [3.63, 3.8) is 0 Å². The summed E-state index contributed by atoms with van der Waals surface area (Å²) in [5.41, 5.74) is 0.348. The highest BCUT2D eigenvalue weighted by Gasteiger charge is 2.32. The third-order valence-corrected chi connectivity index (χ3v) is 4.72. The van der Waals surface area contributed by atoms with Crippen LogP contribution in [0.15, 0.2) is 24.3 Å². The summed E-state index contributed by atoms with van der Waals surface area (Å²) in [5.74, 6) is -1.01. The number of nitro benzene ring substituents is 1. The molecule has 1 N–H and O–H groups in total. The number of carbonyl (C=O) groups is 1. The zero-order chi connectivity index (χ0) is 14.0. The largest absolute Gasteiger partial charge is 0.326 e. The van der Waals surface area contributed by atoms with Crippen LogP contribution in [0.2, 0.25) is 0 Å². The minimum atomic E-state index is -3.10. The zero-order valence-corrected chi connectivity index (χ0v) is 10.7. The fourth-order valence-corrected chi connectivity index (χ4v) is 3.65. The molecular formula is C11H12N2O5S. The summed E-state index contributed by atoms with van der Waals surface area (Å²) in [6.07, 6.45) is 0.321. The number of anilines is 1. The van der Waals surface area contributed by atoms with Gasteiger partial charge in [-0.15, -0.1) is 0 Å². The fourth-order valence-electron chi connectivity index (χ4n) is 1.91. The van der Waals surface area contributed by atoms with Crippen molar-refractivity contribution in [3.8, 4) is 0 Å². The first-order valence-corrected chi connectivity index (χ1v) is 7.45. The molecule has 2 rings (SSSR count). The van der Waals surface area contributed by atoms with Crippen molar-refractivity contribution < 1.29 is 18.1 Å². The second-order valence-corrected chi connectivity index (χ2v) is 6.62. The van der Waals surface area contributed by atoms with Crippen LogP contribution in [-0.4, -0.2) is 30.8 Å². The molecule has 8 heteroatoms. The molecule has 0 radical (unpaired) electrons. The van der Waals surface area contributed by atoms with Gasteiger partial charge in [0.2, 0.25) is 5.91 Å². The molecule has 1 saturated heterocycles. The molecule has 1 aromatic carbocycles. The maximum atomic E-state index is 11.8. The van der Waals surface area contributed by atoms with E-state index in [2.05, 4.69) is 5.32 Å². The third-order valence-electron chi connectivity index (χ3n) is 2.95. The molecule has 7 nitrogen and oxygen atoms in total. The Hall–Kier alpha value is -1.96. The SMILES string of the molecule is O=C(Nc1ccc([N+](=O)[O-])cc1)C1CCS(=O)(=O)C1. The standard InChI is InChI=1S/C11H12N2O5S/c14-11(8-5-6-19(17,18)7-8)12-9-1-3-10(4-2-9)13(15)16/h1-4,8H,5-7H2,(H,12,14). The molecule has 1 heterocycles. The molecule has 0 bridgehead atoms. The summed E-state index contributed by atoms with van der Waals surface area (Å²) in [7, 11) is -3.10. The minimum absolute atomic E-state index is 0.0331. The molecule has 1 aliphatic heterocycles. The Balaban J connectivity index is 2.01. The molecule has 1 fully saturated rings. The molecule has 102 valence electrons. The summed E-state index contributed by atoms with van der Waals surface area (Å²) >= 11 is 0. The van der Waals surface area contributed by atoms with Gasteiger partial charge >= 0.3 is 0 Å². The summed E-state index contributed by atoms with van der Waals surface area (Å²) in [6, 6.07) is 5.39. The van der Waals surface area contributed by atoms with Gasteiger partial charge in [-0.1, -0.05) is 0 Å². The van der Waals surface area contributed by atoms with Crippen LogP contribution in [0.1, 0.15) is 6.42 Å². The van der Waals surface area contributed by atoms with Gasteiger partial charge in [-0.05, 0) is 18.6 Å². The Morgan fingerprint density at radius 1 is 1.32 bits per heavy atom. The second-order valence-electron chi connectivity index (χ2n) is 4.39. The first-order valence-electron chi connectivity index (χ1n) is 5.63. The predicted molar refractivity (Wildman–Crippen MR) is 68.5 cm³/mol. The number of sulfone groups is 1. The number of nitrogens with zero attached hydrogens (tertiary/aromatic N) is 1. The molecule has 0 saturated carbocycles. The van der Waals surface area contributed by atoms with E-state index in [0.29, 0.717) is 12.1 Å². The topological polar surface area (TPSA) is 106 Å². The quantitative estimate of drug-likeness (QED) is 0.657. The van der Waals surface area contributed by atoms with E-state index >= 15 is 0 Å². The van der Waals surface area contributed by atoms with E-state index in [-0.39, 0.29) is 23.1 Å². The first kappa shape index (κ1) is 13.5. The van der Waals surface area contributed by atoms with Gasteiger partial charge < -0.3 is 5.32 Å². The maximum absolute atomic E-state index is 11.8. The highest BCUT2D eigenvalue weighted by molar-refractivity contribution is 7.91. The van der Waals surface area contributed by atoms with E-state index < -0.39 is 20.7 Å². The number of rotatable bonds is 3. The van der Waals surface area contributed by atoms with Gasteiger partial charge in [-0.2, -0.15) is 0 Å². The molecule has 1 atom stereocenters. The lowest BCUT2D eigenvalue weighted by Gasteiger charge is -2.09. The van der Waals surface area contributed by atoms with E-state index in [1.165, 1.54) is 24.3 Å². The number of benzene rings is 1. The number of carbonyl (C=O) groups excluding carboxylic acids is 1. The first-order chi connectivity index (χ1) is 8.87. The molecule has 1 amide bonds. The van der Waals surface area contributed by atoms with Gasteiger partial charge in [0.05, 0.1) is 22.3 Å². The Labute approximate surface area is 109 Å². The molecule has 0 spiro atoms. The Morgan fingerprint density at radius 3 is 2.42 bits per heavy atom. The van der Waals surface area contributed by atoms with Crippen molar-refractivity contribution >= 4 is 27.1 Å². The lowest BCUT2D eigenvalue weighted by Crippen LogP contribution is -2.23. The van der Waals surface area contributed by atoms with Crippen molar-refractivity contribution in [3.05, 3.63) is 34.4 Å². The van der Waals surface area contributed by atoms with Crippen LogP contribution in [0.5, 0.6) is 0 Å². The van der Waals surface area contributed by atoms with Crippen LogP contribution in [0, 0.1) is 16.0 Å². The molecule has 1 unspecified atom stereocenters. The number of nitrogens with one attached hydrogen (secondary N) is 1. The van der Waals surface area contributed by atoms with E-state index in [4.69, 9.17) is 0 Å². The zero-order valence-electron chi connectivity index (χ0n) is 9.90. The van der Waals surface area contributed by atoms with E-state index in [9.17, 15) is 23.3 Å². The molecule has 0 aliphatic carbocycles. The number of hydrogen-bond donors (Lipinski definition) is 1. The van der Waals surface area contributed by atoms with Gasteiger partial charge in [-0.25, -0.2) is 8.42 Å². The highest BCUT2D eigenvalue weighted by atomic mass is 32.2. The monoisotopic (exact) mass is 284 g/mol. The lowest BCUT2D eigenvalue weighted by molar-refractivity contribution is -0.384. The smallest absolute Gasteiger partial charge is 0.269 e. The fraction of sp³-hybridized carbons (Fsp3) is 0.364. The van der Waals surface area contributed by atoms with Gasteiger partial charge in [0.25, 0.3) is 5.69 Å². The van der Waals surface area contributed by atoms with Crippen molar-refractivity contribution in [2.24, 2.45) is 5.92 Å². The summed E-state index contributed by atoms with van der Waals surface area (Å²) < 4.78 is 22.5. The van der Waals surface area contributed by atoms with Crippen molar-refractivity contribution in [2.75, 3.05) is 16.8 Å². The van der Waals surface area contributed by atoms with E-state index in [1.807, 2.05) is 0 Å². The van der Waals surface area contributed by atoms with Crippen molar-refractivity contribution in [1.82, 2.24) is 0 Å². The average Bonchev–Trinajstić information content (AvgIpc) is 2.70. The molecular weight excluding hydrogens is 272 g/mol. The number of hydrogen-bond acceptors (Lipinski definition) is 5. The summed E-state index contributed by atoms with van der Waals surface area (Å²) in [4.78, 5) is 21.7. The minimum Gasteiger partial charge on any atom is -0.326 e. The van der Waals surface area contributed by atoms with Crippen LogP contribution in [-0.2, 0) is 14.6 Å². The van der Waals surface area contributed by atoms with Crippen LogP contribution in [0.25, 0.3) is 0 Å². The van der Waals surface area contributed by atoms with Gasteiger partial charge in [0.15, 0.2) is 9.84 Å². The molecule has 1 aromatic rings. The molecule has 1 aliphatic rings. The number of non-ortho nitro benzene ring substituents is 1. The van der Waals surface area contributed by atoms with Crippen molar-refractivity contribution in [1.29, 1.82) is 0 Å². The normalized spacial score (nSPS) is 20.9. The van der Waals surface area contributed by atoms with Crippen LogP contribution >= 0.6 is 0 Å². The van der Waals surface area contributed by atoms with Crippen LogP contribution in [0.3, 0.4) is 0 Å². The van der Waals surface area contributed by atoms with Crippen molar-refractivity contribution in [2.45, 2.75) is 6.42 Å². The van der Waals surface area contributed by atoms with Gasteiger partial charge in [0, 0.05) is 17.8 Å². The average molecular weight is 284 g/mol. The lowest BCUT2D eigenvalue weighted by atomic mass is 10.1. The number of amides is 1. The third kappa shape index (κ3) is 3.28. The predicted octanol–water partition coefficient (Wildman–Crippen LogP) is 0.968. The molecule has 19 heavy (non-hydrogen) atoms. The maximum Gasteiger partial charge on any atom is 0.269 e. The highest BCUT2D eigenvalue weighted by Crippen LogP contribution is 2.21.